The van der Waals surface area contributed by atoms with Gasteiger partial charge in [0.05, 0.1) is 11.4 Å². The van der Waals surface area contributed by atoms with Crippen LogP contribution in [0.2, 0.25) is 0 Å². The Morgan fingerprint density at radius 3 is 1.98 bits per heavy atom. The van der Waals surface area contributed by atoms with Crippen molar-refractivity contribution in [3.8, 4) is 33.4 Å². The van der Waals surface area contributed by atoms with Gasteiger partial charge in [0.25, 0.3) is 0 Å². The minimum absolute atomic E-state index is 0.0106. The molecule has 1 aliphatic carbocycles. The molecule has 1 N–H and O–H groups in total. The molecule has 56 heavy (non-hydrogen) atoms. The van der Waals surface area contributed by atoms with E-state index >= 15 is 0 Å². The summed E-state index contributed by atoms with van der Waals surface area (Å²) in [6.07, 6.45) is 5.75. The van der Waals surface area contributed by atoms with Crippen molar-refractivity contribution in [1.82, 2.24) is 0 Å². The van der Waals surface area contributed by atoms with Gasteiger partial charge in [0.1, 0.15) is 6.17 Å². The Kier molecular flexibility index (Phi) is 7.63. The van der Waals surface area contributed by atoms with E-state index in [1.54, 1.807) is 0 Å². The molecule has 9 aromatic carbocycles. The zero-order chi connectivity index (χ0) is 37.2. The van der Waals surface area contributed by atoms with Gasteiger partial charge in [-0.15, -0.1) is 0 Å². The Labute approximate surface area is 328 Å². The molecule has 0 fully saturated rings. The van der Waals surface area contributed by atoms with Gasteiger partial charge in [0.2, 0.25) is 0 Å². The number of benzene rings is 9. The highest BCUT2D eigenvalue weighted by Gasteiger charge is 2.31. The standard InChI is InChI=1S/C54H40N2/c1-35-19-20-41-33-43(28-26-40(41)31-35)52-46-15-7-8-16-47(46)53(44-27-23-36-11-5-6-12-39(36)32-44)49-34-42(29-30-48(49)52)37-21-24-38(25-22-37)54-55-50-17-9-10-18-51(50)56(54)45-13-3-2-4-14-45/h2-30,32-35,54-55H,31H2,1H3. The first kappa shape index (κ1) is 32.5. The molecule has 1 heterocycles. The number of fused-ring (bicyclic) bond motifs is 5. The zero-order valence-electron chi connectivity index (χ0n) is 31.3. The molecule has 266 valence electrons. The van der Waals surface area contributed by atoms with E-state index < -0.39 is 0 Å². The lowest BCUT2D eigenvalue weighted by molar-refractivity contribution is 0.717. The van der Waals surface area contributed by atoms with Crippen LogP contribution in [0.25, 0.3) is 71.8 Å². The van der Waals surface area contributed by atoms with Crippen LogP contribution in [0.4, 0.5) is 17.1 Å². The van der Waals surface area contributed by atoms with Crippen LogP contribution in [0, 0.1) is 5.92 Å². The lowest BCUT2D eigenvalue weighted by Gasteiger charge is -2.27. The molecule has 0 amide bonds. The Morgan fingerprint density at radius 2 is 1.14 bits per heavy atom. The van der Waals surface area contributed by atoms with E-state index in [-0.39, 0.29) is 6.17 Å². The third-order valence-electron chi connectivity index (χ3n) is 12.0. The lowest BCUT2D eigenvalue weighted by atomic mass is 9.83. The minimum atomic E-state index is -0.0106. The molecule has 2 atom stereocenters. The van der Waals surface area contributed by atoms with Crippen molar-refractivity contribution in [2.45, 2.75) is 19.5 Å². The third kappa shape index (κ3) is 5.40. The fourth-order valence-electron chi connectivity index (χ4n) is 9.22. The van der Waals surface area contributed by atoms with E-state index in [2.05, 4.69) is 211 Å². The summed E-state index contributed by atoms with van der Waals surface area (Å²) >= 11 is 0. The van der Waals surface area contributed by atoms with Crippen LogP contribution in [0.3, 0.4) is 0 Å². The van der Waals surface area contributed by atoms with Crippen LogP contribution < -0.4 is 10.2 Å². The first-order chi connectivity index (χ1) is 27.7. The molecule has 2 nitrogen and oxygen atoms in total. The topological polar surface area (TPSA) is 15.3 Å². The maximum absolute atomic E-state index is 3.80. The summed E-state index contributed by atoms with van der Waals surface area (Å²) in [7, 11) is 0. The average molecular weight is 717 g/mol. The fourth-order valence-corrected chi connectivity index (χ4v) is 9.22. The smallest absolute Gasteiger partial charge is 0.130 e. The number of anilines is 3. The Morgan fingerprint density at radius 1 is 0.500 bits per heavy atom. The first-order valence-corrected chi connectivity index (χ1v) is 19.8. The van der Waals surface area contributed by atoms with E-state index in [9.17, 15) is 0 Å². The molecular weight excluding hydrogens is 677 g/mol. The predicted molar refractivity (Wildman–Crippen MR) is 239 cm³/mol. The molecule has 11 rings (SSSR count). The molecule has 9 aromatic rings. The van der Waals surface area contributed by atoms with Crippen LogP contribution in [0.1, 0.15) is 29.8 Å². The number of hydrogen-bond donors (Lipinski definition) is 1. The second-order valence-corrected chi connectivity index (χ2v) is 15.5. The molecule has 0 aromatic heterocycles. The van der Waals surface area contributed by atoms with Crippen molar-refractivity contribution in [3.63, 3.8) is 0 Å². The maximum atomic E-state index is 3.80. The van der Waals surface area contributed by atoms with Crippen molar-refractivity contribution in [3.05, 3.63) is 205 Å². The summed E-state index contributed by atoms with van der Waals surface area (Å²) in [6.45, 7) is 2.30. The largest absolute Gasteiger partial charge is 0.359 e. The summed E-state index contributed by atoms with van der Waals surface area (Å²) in [4.78, 5) is 2.40. The van der Waals surface area contributed by atoms with Crippen molar-refractivity contribution in [1.29, 1.82) is 0 Å². The summed E-state index contributed by atoms with van der Waals surface area (Å²) in [6, 6.07) is 67.3. The van der Waals surface area contributed by atoms with Crippen molar-refractivity contribution in [2.75, 3.05) is 10.2 Å². The molecule has 0 spiro atoms. The highest BCUT2D eigenvalue weighted by Crippen LogP contribution is 2.48. The van der Waals surface area contributed by atoms with Crippen LogP contribution >= 0.6 is 0 Å². The molecular formula is C54H40N2. The number of hydrogen-bond acceptors (Lipinski definition) is 2. The molecule has 0 bridgehead atoms. The van der Waals surface area contributed by atoms with Crippen LogP contribution in [0.5, 0.6) is 0 Å². The normalized spacial score (nSPS) is 15.9. The summed E-state index contributed by atoms with van der Waals surface area (Å²) in [5, 5.41) is 11.4. The molecule has 2 unspecified atom stereocenters. The van der Waals surface area contributed by atoms with Gasteiger partial charge in [0, 0.05) is 5.69 Å². The SMILES string of the molecule is CC1C=Cc2cc(-c3c4ccccc4c(-c4ccc5ccccc5c4)c4cc(-c5ccc(C6Nc7ccccc7N6c6ccccc6)cc5)ccc34)ccc2C1. The summed E-state index contributed by atoms with van der Waals surface area (Å²) < 4.78 is 0. The average Bonchev–Trinajstić information content (AvgIpc) is 3.65. The number of rotatable bonds is 5. The van der Waals surface area contributed by atoms with E-state index in [1.807, 2.05) is 0 Å². The van der Waals surface area contributed by atoms with Gasteiger partial charge in [-0.2, -0.15) is 0 Å². The Bertz CT molecular complexity index is 2990. The van der Waals surface area contributed by atoms with E-state index in [4.69, 9.17) is 0 Å². The zero-order valence-corrected chi connectivity index (χ0v) is 31.3. The van der Waals surface area contributed by atoms with E-state index in [1.165, 1.54) is 93.8 Å². The third-order valence-corrected chi connectivity index (χ3v) is 12.0. The van der Waals surface area contributed by atoms with Crippen molar-refractivity contribution in [2.24, 2.45) is 5.92 Å². The maximum Gasteiger partial charge on any atom is 0.130 e. The van der Waals surface area contributed by atoms with Gasteiger partial charge in [-0.3, -0.25) is 0 Å². The van der Waals surface area contributed by atoms with Gasteiger partial charge >= 0.3 is 0 Å². The minimum Gasteiger partial charge on any atom is -0.359 e. The fraction of sp³-hybridized carbons (Fsp3) is 0.0741. The Hall–Kier alpha value is -6.90. The van der Waals surface area contributed by atoms with Crippen LogP contribution in [-0.2, 0) is 6.42 Å². The molecule has 1 aliphatic heterocycles. The number of allylic oxidation sites excluding steroid dienone is 1. The predicted octanol–water partition coefficient (Wildman–Crippen LogP) is 14.6. The first-order valence-electron chi connectivity index (χ1n) is 19.8. The van der Waals surface area contributed by atoms with Crippen LogP contribution in [0.15, 0.2) is 188 Å². The lowest BCUT2D eigenvalue weighted by Crippen LogP contribution is -2.23. The molecule has 2 aliphatic rings. The number of nitrogens with zero attached hydrogens (tertiary/aromatic N) is 1. The van der Waals surface area contributed by atoms with E-state index in [0.29, 0.717) is 5.92 Å². The quantitative estimate of drug-likeness (QED) is 0.178. The number of nitrogens with one attached hydrogen (secondary N) is 1. The molecule has 2 heteroatoms. The van der Waals surface area contributed by atoms with Gasteiger partial charge in [-0.05, 0) is 137 Å². The van der Waals surface area contributed by atoms with Gasteiger partial charge in [-0.1, -0.05) is 159 Å². The summed E-state index contributed by atoms with van der Waals surface area (Å²) in [5.74, 6) is 0.567. The highest BCUT2D eigenvalue weighted by atomic mass is 15.3. The second-order valence-electron chi connectivity index (χ2n) is 15.5. The van der Waals surface area contributed by atoms with Gasteiger partial charge in [-0.25, -0.2) is 0 Å². The van der Waals surface area contributed by atoms with Crippen LogP contribution in [-0.4, -0.2) is 0 Å². The summed E-state index contributed by atoms with van der Waals surface area (Å²) in [5.41, 5.74) is 15.0. The second kappa shape index (κ2) is 13.1. The molecule has 0 saturated heterocycles. The van der Waals surface area contributed by atoms with Crippen molar-refractivity contribution < 1.29 is 0 Å². The highest BCUT2D eigenvalue weighted by molar-refractivity contribution is 6.22. The van der Waals surface area contributed by atoms with Gasteiger partial charge < -0.3 is 10.2 Å². The Balaban J connectivity index is 1.08. The van der Waals surface area contributed by atoms with Gasteiger partial charge in [0.15, 0.2) is 0 Å². The number of para-hydroxylation sites is 3. The molecule has 0 radical (unpaired) electrons. The molecule has 0 saturated carbocycles. The monoisotopic (exact) mass is 716 g/mol. The van der Waals surface area contributed by atoms with Crippen molar-refractivity contribution >= 4 is 55.5 Å². The van der Waals surface area contributed by atoms with E-state index in [0.717, 1.165) is 12.1 Å².